The molecule has 0 aliphatic carbocycles. The molecule has 0 saturated heterocycles. The van der Waals surface area contributed by atoms with Gasteiger partial charge in [0.25, 0.3) is 0 Å². The number of carbonyl (C=O) groups excluding carboxylic acids is 1. The lowest BCUT2D eigenvalue weighted by atomic mass is 10.2. The number of ether oxygens (including phenoxy) is 1. The highest BCUT2D eigenvalue weighted by atomic mass is 127. The molecule has 0 saturated carbocycles. The van der Waals surface area contributed by atoms with E-state index in [0.29, 0.717) is 12.2 Å². The van der Waals surface area contributed by atoms with E-state index in [4.69, 9.17) is 4.74 Å². The highest BCUT2D eigenvalue weighted by molar-refractivity contribution is 14.1. The minimum atomic E-state index is -0.282. The van der Waals surface area contributed by atoms with Crippen LogP contribution >= 0.6 is 22.6 Å². The Bertz CT molecular complexity index is 293. The van der Waals surface area contributed by atoms with Crippen LogP contribution in [0.15, 0.2) is 40.5 Å². The fourth-order valence-corrected chi connectivity index (χ4v) is 1.03. The summed E-state index contributed by atoms with van der Waals surface area (Å²) in [5.41, 5.74) is 0.587. The SMILES string of the molecule is O=C(OCC=CI)c1ccccc1. The van der Waals surface area contributed by atoms with E-state index in [9.17, 15) is 4.79 Å². The van der Waals surface area contributed by atoms with Crippen molar-refractivity contribution in [2.75, 3.05) is 6.61 Å². The molecule has 0 fully saturated rings. The number of halogens is 1. The maximum atomic E-state index is 11.3. The van der Waals surface area contributed by atoms with E-state index in [1.54, 1.807) is 18.2 Å². The molecule has 0 bridgehead atoms. The number of hydrogen-bond donors (Lipinski definition) is 0. The van der Waals surface area contributed by atoms with Crippen molar-refractivity contribution >= 4 is 28.6 Å². The third-order valence-corrected chi connectivity index (χ3v) is 1.92. The highest BCUT2D eigenvalue weighted by Crippen LogP contribution is 2.00. The minimum absolute atomic E-state index is 0.282. The number of benzene rings is 1. The van der Waals surface area contributed by atoms with Gasteiger partial charge in [-0.3, -0.25) is 0 Å². The van der Waals surface area contributed by atoms with Crippen molar-refractivity contribution in [3.8, 4) is 0 Å². The second-order valence-electron chi connectivity index (χ2n) is 2.33. The van der Waals surface area contributed by atoms with Gasteiger partial charge in [0.2, 0.25) is 0 Å². The molecule has 0 aliphatic rings. The fraction of sp³-hybridized carbons (Fsp3) is 0.100. The first-order valence-corrected chi connectivity index (χ1v) is 5.06. The molecule has 0 spiro atoms. The Morgan fingerprint density at radius 1 is 1.38 bits per heavy atom. The second kappa shape index (κ2) is 5.75. The van der Waals surface area contributed by atoms with Gasteiger partial charge in [-0.1, -0.05) is 40.8 Å². The first-order chi connectivity index (χ1) is 6.34. The Kier molecular flexibility index (Phi) is 4.53. The maximum absolute atomic E-state index is 11.3. The molecule has 1 rings (SSSR count). The summed E-state index contributed by atoms with van der Waals surface area (Å²) >= 11 is 2.08. The van der Waals surface area contributed by atoms with Gasteiger partial charge >= 0.3 is 5.97 Å². The first-order valence-electron chi connectivity index (χ1n) is 3.82. The van der Waals surface area contributed by atoms with Gasteiger partial charge in [0.1, 0.15) is 6.61 Å². The molecule has 0 amide bonds. The fourth-order valence-electron chi connectivity index (χ4n) is 0.818. The topological polar surface area (TPSA) is 26.3 Å². The molecular formula is C10H9IO2. The van der Waals surface area contributed by atoms with E-state index in [1.807, 2.05) is 22.3 Å². The van der Waals surface area contributed by atoms with Gasteiger partial charge in [0, 0.05) is 0 Å². The molecule has 13 heavy (non-hydrogen) atoms. The van der Waals surface area contributed by atoms with Crippen LogP contribution in [0.3, 0.4) is 0 Å². The molecule has 0 atom stereocenters. The molecule has 1 aromatic carbocycles. The van der Waals surface area contributed by atoms with Gasteiger partial charge < -0.3 is 4.74 Å². The molecule has 0 N–H and O–H groups in total. The second-order valence-corrected chi connectivity index (χ2v) is 3.05. The quantitative estimate of drug-likeness (QED) is 0.631. The van der Waals surface area contributed by atoms with Crippen LogP contribution in [0.2, 0.25) is 0 Å². The van der Waals surface area contributed by atoms with Crippen LogP contribution in [0, 0.1) is 0 Å². The van der Waals surface area contributed by atoms with Crippen LogP contribution in [-0.2, 0) is 4.74 Å². The summed E-state index contributed by atoms with van der Waals surface area (Å²) < 4.78 is 6.75. The monoisotopic (exact) mass is 288 g/mol. The minimum Gasteiger partial charge on any atom is -0.458 e. The van der Waals surface area contributed by atoms with Crippen molar-refractivity contribution in [2.45, 2.75) is 0 Å². The van der Waals surface area contributed by atoms with Gasteiger partial charge in [-0.2, -0.15) is 0 Å². The molecule has 68 valence electrons. The Balaban J connectivity index is 2.49. The Morgan fingerprint density at radius 3 is 2.69 bits per heavy atom. The third kappa shape index (κ3) is 3.59. The van der Waals surface area contributed by atoms with Gasteiger partial charge in [-0.15, -0.1) is 0 Å². The summed E-state index contributed by atoms with van der Waals surface area (Å²) in [7, 11) is 0. The summed E-state index contributed by atoms with van der Waals surface area (Å²) in [5, 5.41) is 0. The standard InChI is InChI=1S/C10H9IO2/c11-7-4-8-13-10(12)9-5-2-1-3-6-9/h1-7H,8H2. The molecular weight excluding hydrogens is 279 g/mol. The lowest BCUT2D eigenvalue weighted by Gasteiger charge is -2.00. The van der Waals surface area contributed by atoms with E-state index in [-0.39, 0.29) is 5.97 Å². The number of rotatable bonds is 3. The average Bonchev–Trinajstić information content (AvgIpc) is 2.19. The Morgan fingerprint density at radius 2 is 2.08 bits per heavy atom. The van der Waals surface area contributed by atoms with E-state index in [1.165, 1.54) is 0 Å². The summed E-state index contributed by atoms with van der Waals surface area (Å²) in [6.07, 6.45) is 1.78. The Labute approximate surface area is 90.7 Å². The van der Waals surface area contributed by atoms with E-state index < -0.39 is 0 Å². The van der Waals surface area contributed by atoms with Crippen LogP contribution < -0.4 is 0 Å². The third-order valence-electron chi connectivity index (χ3n) is 1.41. The van der Waals surface area contributed by atoms with Crippen LogP contribution in [0.1, 0.15) is 10.4 Å². The van der Waals surface area contributed by atoms with Crippen molar-refractivity contribution in [1.82, 2.24) is 0 Å². The van der Waals surface area contributed by atoms with Crippen molar-refractivity contribution < 1.29 is 9.53 Å². The van der Waals surface area contributed by atoms with Crippen LogP contribution in [-0.4, -0.2) is 12.6 Å². The van der Waals surface area contributed by atoms with Gasteiger partial charge in [0.05, 0.1) is 5.56 Å². The predicted octanol–water partition coefficient (Wildman–Crippen LogP) is 2.79. The lowest BCUT2D eigenvalue weighted by molar-refractivity contribution is 0.0549. The van der Waals surface area contributed by atoms with Crippen LogP contribution in [0.5, 0.6) is 0 Å². The van der Waals surface area contributed by atoms with E-state index >= 15 is 0 Å². The molecule has 0 heterocycles. The van der Waals surface area contributed by atoms with Gasteiger partial charge in [-0.25, -0.2) is 4.79 Å². The van der Waals surface area contributed by atoms with Crippen LogP contribution in [0.25, 0.3) is 0 Å². The smallest absolute Gasteiger partial charge is 0.338 e. The van der Waals surface area contributed by atoms with E-state index in [0.717, 1.165) is 0 Å². The van der Waals surface area contributed by atoms with Crippen molar-refractivity contribution in [2.24, 2.45) is 0 Å². The largest absolute Gasteiger partial charge is 0.458 e. The van der Waals surface area contributed by atoms with Crippen molar-refractivity contribution in [1.29, 1.82) is 0 Å². The summed E-state index contributed by atoms with van der Waals surface area (Å²) in [6, 6.07) is 8.95. The van der Waals surface area contributed by atoms with Crippen LogP contribution in [0.4, 0.5) is 0 Å². The molecule has 3 heteroatoms. The average molecular weight is 288 g/mol. The van der Waals surface area contributed by atoms with E-state index in [2.05, 4.69) is 22.6 Å². The molecule has 0 aliphatic heterocycles. The molecule has 0 radical (unpaired) electrons. The zero-order chi connectivity index (χ0) is 9.52. The number of esters is 1. The number of hydrogen-bond acceptors (Lipinski definition) is 2. The predicted molar refractivity (Wildman–Crippen MR) is 59.9 cm³/mol. The number of carbonyl (C=O) groups is 1. The summed E-state index contributed by atoms with van der Waals surface area (Å²) in [4.78, 5) is 11.3. The molecule has 1 aromatic rings. The lowest BCUT2D eigenvalue weighted by Crippen LogP contribution is -2.04. The molecule has 0 unspecified atom stereocenters. The zero-order valence-electron chi connectivity index (χ0n) is 6.94. The summed E-state index contributed by atoms with van der Waals surface area (Å²) in [6.45, 7) is 0.330. The normalized spacial score (nSPS) is 10.2. The maximum Gasteiger partial charge on any atom is 0.338 e. The first kappa shape index (κ1) is 10.2. The van der Waals surface area contributed by atoms with Gasteiger partial charge in [-0.05, 0) is 22.3 Å². The molecule has 2 nitrogen and oxygen atoms in total. The van der Waals surface area contributed by atoms with Crippen molar-refractivity contribution in [3.05, 3.63) is 46.1 Å². The zero-order valence-corrected chi connectivity index (χ0v) is 9.10. The molecule has 0 aromatic heterocycles. The van der Waals surface area contributed by atoms with Gasteiger partial charge in [0.15, 0.2) is 0 Å². The Hall–Kier alpha value is -0.840. The highest BCUT2D eigenvalue weighted by Gasteiger charge is 2.03. The summed E-state index contributed by atoms with van der Waals surface area (Å²) in [5.74, 6) is -0.282. The van der Waals surface area contributed by atoms with Crippen molar-refractivity contribution in [3.63, 3.8) is 0 Å².